The number of anilines is 1. The van der Waals surface area contributed by atoms with Crippen LogP contribution in [0.2, 0.25) is 0 Å². The summed E-state index contributed by atoms with van der Waals surface area (Å²) in [6, 6.07) is 12.6. The molecule has 1 heterocycles. The van der Waals surface area contributed by atoms with E-state index in [1.165, 1.54) is 24.3 Å². The van der Waals surface area contributed by atoms with Crippen LogP contribution in [0.25, 0.3) is 0 Å². The van der Waals surface area contributed by atoms with Gasteiger partial charge >= 0.3 is 5.97 Å². The van der Waals surface area contributed by atoms with E-state index in [2.05, 4.69) is 0 Å². The number of non-ortho nitro benzene ring substituents is 1. The Morgan fingerprint density at radius 2 is 1.97 bits per heavy atom. The molecule has 11 heteroatoms. The van der Waals surface area contributed by atoms with Gasteiger partial charge in [-0.1, -0.05) is 35.5 Å². The number of rotatable bonds is 8. The molecule has 1 aliphatic rings. The van der Waals surface area contributed by atoms with Crippen LogP contribution in [0.1, 0.15) is 22.3 Å². The molecule has 0 N–H and O–H groups in total. The Balaban J connectivity index is 1.58. The van der Waals surface area contributed by atoms with Gasteiger partial charge in [-0.3, -0.25) is 19.7 Å². The number of hydrogen-bond donors (Lipinski definition) is 0. The van der Waals surface area contributed by atoms with Crippen molar-refractivity contribution in [2.75, 3.05) is 19.0 Å². The quantitative estimate of drug-likeness (QED) is 0.142. The molecule has 3 rings (SSSR count). The van der Waals surface area contributed by atoms with E-state index in [1.54, 1.807) is 18.2 Å². The van der Waals surface area contributed by atoms with Crippen molar-refractivity contribution < 1.29 is 24.0 Å². The van der Waals surface area contributed by atoms with Crippen LogP contribution in [-0.2, 0) is 20.9 Å². The van der Waals surface area contributed by atoms with Gasteiger partial charge in [-0.2, -0.15) is 0 Å². The van der Waals surface area contributed by atoms with Crippen molar-refractivity contribution in [1.82, 2.24) is 4.90 Å². The number of nitro groups is 1. The number of esters is 1. The second-order valence-corrected chi connectivity index (χ2v) is 8.74. The highest BCUT2D eigenvalue weighted by atomic mass is 35.5. The number of hydrogen-bond acceptors (Lipinski definition) is 8. The number of halogens is 1. The second-order valence-electron chi connectivity index (χ2n) is 7.18. The lowest BCUT2D eigenvalue weighted by Gasteiger charge is -2.41. The Hall–Kier alpha value is -3.11. The molecule has 0 spiro atoms. The average Bonchev–Trinajstić information content (AvgIpc) is 2.77. The fourth-order valence-corrected chi connectivity index (χ4v) is 4.39. The third-order valence-electron chi connectivity index (χ3n) is 4.76. The van der Waals surface area contributed by atoms with Crippen LogP contribution in [0, 0.1) is 10.1 Å². The van der Waals surface area contributed by atoms with Crippen LogP contribution in [-0.4, -0.2) is 51.8 Å². The molecule has 0 aromatic heterocycles. The zero-order valence-electron chi connectivity index (χ0n) is 17.3. The number of benzene rings is 2. The molecule has 1 amide bonds. The summed E-state index contributed by atoms with van der Waals surface area (Å²) in [7, 11) is 3.73. The predicted octanol–water partition coefficient (Wildman–Crippen LogP) is 3.40. The minimum absolute atomic E-state index is 0.0814. The molecule has 2 aromatic rings. The molecule has 168 valence electrons. The maximum absolute atomic E-state index is 12.7. The first-order valence-electron chi connectivity index (χ1n) is 9.51. The van der Waals surface area contributed by atoms with Crippen molar-refractivity contribution in [2.45, 2.75) is 23.9 Å². The molecule has 1 unspecified atom stereocenters. The standard InChI is InChI=1S/C21H20ClN3O6S/c1-23(2)16-5-3-4-14(10-16)21(28)32-18-11-17(26)24(18)19(22)20(27)31-12-13-6-8-15(9-7-13)25(29)30/h3-10,18-19H,11-12H2,1-2H3/t18-,19?/m0/s1. The number of alkyl halides is 1. The second kappa shape index (κ2) is 10.0. The Morgan fingerprint density at radius 3 is 2.56 bits per heavy atom. The topological polar surface area (TPSA) is 110 Å². The van der Waals surface area contributed by atoms with E-state index in [0.29, 0.717) is 11.1 Å². The van der Waals surface area contributed by atoms with Gasteiger partial charge < -0.3 is 14.5 Å². The van der Waals surface area contributed by atoms with E-state index in [-0.39, 0.29) is 29.7 Å². The number of thioether (sulfide) groups is 1. The summed E-state index contributed by atoms with van der Waals surface area (Å²) in [6.07, 6.45) is 0.0859. The molecule has 2 aromatic carbocycles. The normalized spacial score (nSPS) is 16.2. The monoisotopic (exact) mass is 477 g/mol. The van der Waals surface area contributed by atoms with E-state index in [0.717, 1.165) is 22.3 Å². The van der Waals surface area contributed by atoms with Gasteiger partial charge in [0, 0.05) is 37.5 Å². The van der Waals surface area contributed by atoms with Crippen molar-refractivity contribution in [3.8, 4) is 0 Å². The van der Waals surface area contributed by atoms with Crippen LogP contribution < -0.4 is 4.90 Å². The number of carbonyl (C=O) groups excluding carboxylic acids is 3. The molecule has 32 heavy (non-hydrogen) atoms. The summed E-state index contributed by atoms with van der Waals surface area (Å²) in [5.74, 6) is -1.20. The van der Waals surface area contributed by atoms with E-state index in [1.807, 2.05) is 25.1 Å². The van der Waals surface area contributed by atoms with Crippen molar-refractivity contribution in [2.24, 2.45) is 0 Å². The van der Waals surface area contributed by atoms with Gasteiger partial charge in [0.25, 0.3) is 5.69 Å². The number of nitro benzene ring substituents is 1. The zero-order valence-corrected chi connectivity index (χ0v) is 18.8. The highest BCUT2D eigenvalue weighted by Gasteiger charge is 2.45. The van der Waals surface area contributed by atoms with Crippen LogP contribution in [0.4, 0.5) is 11.4 Å². The summed E-state index contributed by atoms with van der Waals surface area (Å²) in [5.41, 5.74) is 0.412. The summed E-state index contributed by atoms with van der Waals surface area (Å²) in [6.45, 7) is -0.157. The fraction of sp³-hybridized carbons (Fsp3) is 0.286. The molecule has 0 saturated carbocycles. The lowest BCUT2D eigenvalue weighted by molar-refractivity contribution is -0.384. The first-order chi connectivity index (χ1) is 15.2. The summed E-state index contributed by atoms with van der Waals surface area (Å²) in [5, 5.41) is 9.88. The first kappa shape index (κ1) is 23.6. The maximum Gasteiger partial charge on any atom is 0.345 e. The molecular formula is C21H20ClN3O6S. The molecular weight excluding hydrogens is 458 g/mol. The highest BCUT2D eigenvalue weighted by Crippen LogP contribution is 2.35. The van der Waals surface area contributed by atoms with Gasteiger partial charge in [0.05, 0.1) is 16.7 Å². The van der Waals surface area contributed by atoms with E-state index >= 15 is 0 Å². The van der Waals surface area contributed by atoms with Crippen molar-refractivity contribution in [1.29, 1.82) is 0 Å². The van der Waals surface area contributed by atoms with Crippen molar-refractivity contribution >= 4 is 51.7 Å². The first-order valence-corrected chi connectivity index (χ1v) is 10.8. The molecule has 0 aliphatic carbocycles. The van der Waals surface area contributed by atoms with Gasteiger partial charge in [-0.15, -0.1) is 0 Å². The highest BCUT2D eigenvalue weighted by molar-refractivity contribution is 8.14. The predicted molar refractivity (Wildman–Crippen MR) is 120 cm³/mol. The lowest BCUT2D eigenvalue weighted by Crippen LogP contribution is -2.57. The molecule has 0 bridgehead atoms. The smallest absolute Gasteiger partial charge is 0.345 e. The van der Waals surface area contributed by atoms with Crippen LogP contribution in [0.3, 0.4) is 0 Å². The zero-order chi connectivity index (χ0) is 23.4. The third-order valence-corrected chi connectivity index (χ3v) is 6.26. The summed E-state index contributed by atoms with van der Waals surface area (Å²) < 4.78 is 5.14. The summed E-state index contributed by atoms with van der Waals surface area (Å²) >= 11 is 7.09. The molecule has 2 atom stereocenters. The number of amides is 1. The lowest BCUT2D eigenvalue weighted by atomic mass is 10.2. The van der Waals surface area contributed by atoms with Crippen molar-refractivity contribution in [3.05, 3.63) is 69.8 Å². The van der Waals surface area contributed by atoms with Crippen LogP contribution in [0.15, 0.2) is 48.5 Å². The largest absolute Gasteiger partial charge is 0.458 e. The van der Waals surface area contributed by atoms with Crippen LogP contribution in [0.5, 0.6) is 0 Å². The number of β-lactam (4-membered cyclic amide) rings is 1. The Morgan fingerprint density at radius 1 is 1.28 bits per heavy atom. The minimum atomic E-state index is -1.38. The number of carbonyl (C=O) groups is 3. The number of nitrogens with zero attached hydrogens (tertiary/aromatic N) is 3. The minimum Gasteiger partial charge on any atom is -0.458 e. The summed E-state index contributed by atoms with van der Waals surface area (Å²) in [4.78, 5) is 50.2. The van der Waals surface area contributed by atoms with E-state index < -0.39 is 21.8 Å². The van der Waals surface area contributed by atoms with Gasteiger partial charge in [0.15, 0.2) is 0 Å². The Bertz CT molecular complexity index is 1050. The third kappa shape index (κ3) is 5.38. The molecule has 0 radical (unpaired) electrons. The van der Waals surface area contributed by atoms with Gasteiger partial charge in [-0.05, 0) is 29.8 Å². The molecule has 1 fully saturated rings. The Kier molecular flexibility index (Phi) is 7.37. The molecule has 9 nitrogen and oxygen atoms in total. The fourth-order valence-electron chi connectivity index (χ4n) is 2.93. The van der Waals surface area contributed by atoms with E-state index in [9.17, 15) is 24.5 Å². The van der Waals surface area contributed by atoms with Gasteiger partial charge in [-0.25, -0.2) is 4.79 Å². The van der Waals surface area contributed by atoms with Gasteiger partial charge in [0.2, 0.25) is 16.5 Å². The molecule has 1 aliphatic heterocycles. The van der Waals surface area contributed by atoms with Gasteiger partial charge in [0.1, 0.15) is 6.61 Å². The maximum atomic E-state index is 12.7. The molecule has 1 saturated heterocycles. The van der Waals surface area contributed by atoms with Crippen LogP contribution >= 0.6 is 23.4 Å². The van der Waals surface area contributed by atoms with E-state index in [4.69, 9.17) is 16.3 Å². The van der Waals surface area contributed by atoms with Crippen molar-refractivity contribution in [3.63, 3.8) is 0 Å². The SMILES string of the molecule is CN(C)c1cccc(C(=O)S[C@H]2CC(=O)N2C(Cl)C(=O)OCc2ccc([N+](=O)[O-])cc2)c1. The average molecular weight is 478 g/mol. The number of ether oxygens (including phenoxy) is 1. The Labute approximate surface area is 193 Å². The number of likely N-dealkylation sites (tertiary alicyclic amines) is 1.